The van der Waals surface area contributed by atoms with Crippen LogP contribution >= 0.6 is 23.1 Å². The Hall–Kier alpha value is -3.17. The average Bonchev–Trinajstić information content (AvgIpc) is 3.58. The monoisotopic (exact) mass is 449 g/mol. The van der Waals surface area contributed by atoms with E-state index in [4.69, 9.17) is 8.94 Å². The van der Waals surface area contributed by atoms with Crippen LogP contribution in [0.25, 0.3) is 27.8 Å². The van der Waals surface area contributed by atoms with E-state index < -0.39 is 0 Å². The third-order valence-electron chi connectivity index (χ3n) is 4.72. The molecule has 0 fully saturated rings. The molecule has 0 spiro atoms. The van der Waals surface area contributed by atoms with Crippen LogP contribution in [0.1, 0.15) is 18.1 Å². The molecule has 0 aliphatic rings. The third kappa shape index (κ3) is 4.19. The van der Waals surface area contributed by atoms with Crippen molar-refractivity contribution in [3.63, 3.8) is 0 Å². The quantitative estimate of drug-likeness (QED) is 0.223. The lowest BCUT2D eigenvalue weighted by atomic mass is 10.2. The number of nitrogens with zero attached hydrogens (tertiary/aromatic N) is 5. The lowest BCUT2D eigenvalue weighted by molar-refractivity contribution is 0.378. The molecule has 156 valence electrons. The lowest BCUT2D eigenvalue weighted by Gasteiger charge is -2.09. The molecule has 4 aromatic heterocycles. The zero-order valence-electron chi connectivity index (χ0n) is 16.8. The molecule has 0 bridgehead atoms. The first-order valence-corrected chi connectivity index (χ1v) is 11.7. The number of hydrogen-bond acceptors (Lipinski definition) is 8. The molecule has 31 heavy (non-hydrogen) atoms. The van der Waals surface area contributed by atoms with Gasteiger partial charge in [0.1, 0.15) is 5.76 Å². The second kappa shape index (κ2) is 8.91. The summed E-state index contributed by atoms with van der Waals surface area (Å²) in [6.45, 7) is 1.93. The molecule has 0 saturated carbocycles. The van der Waals surface area contributed by atoms with Gasteiger partial charge in [-0.05, 0) is 43.0 Å². The minimum absolute atomic E-state index is 0.654. The van der Waals surface area contributed by atoms with Crippen molar-refractivity contribution in [1.82, 2.24) is 24.9 Å². The third-order valence-corrected chi connectivity index (χ3v) is 6.60. The van der Waals surface area contributed by atoms with Gasteiger partial charge in [0.2, 0.25) is 11.7 Å². The standard InChI is InChI=1S/C22H19N5O2S2/c1-15-17(11-12-28-15)21-24-25-22(27(21)16-7-3-2-4-8-16)31-14-6-10-19-23-20(26-29-19)18-9-5-13-30-18/h2-5,7-9,11-13H,6,10,14H2,1H3. The fraction of sp³-hybridized carbons (Fsp3) is 0.182. The van der Waals surface area contributed by atoms with Gasteiger partial charge < -0.3 is 8.94 Å². The van der Waals surface area contributed by atoms with Gasteiger partial charge in [0.15, 0.2) is 11.0 Å². The number of thioether (sulfide) groups is 1. The van der Waals surface area contributed by atoms with Gasteiger partial charge in [0, 0.05) is 17.9 Å². The van der Waals surface area contributed by atoms with E-state index in [1.807, 2.05) is 48.7 Å². The van der Waals surface area contributed by atoms with Gasteiger partial charge in [0.05, 0.1) is 16.7 Å². The molecule has 0 saturated heterocycles. The lowest BCUT2D eigenvalue weighted by Crippen LogP contribution is -2.00. The predicted octanol–water partition coefficient (Wildman–Crippen LogP) is 5.67. The Bertz CT molecular complexity index is 1260. The Morgan fingerprint density at radius 1 is 1.06 bits per heavy atom. The van der Waals surface area contributed by atoms with Gasteiger partial charge in [0.25, 0.3) is 0 Å². The minimum Gasteiger partial charge on any atom is -0.469 e. The van der Waals surface area contributed by atoms with E-state index in [2.05, 4.69) is 37.0 Å². The maximum Gasteiger partial charge on any atom is 0.227 e. The van der Waals surface area contributed by atoms with Crippen molar-refractivity contribution in [2.45, 2.75) is 24.9 Å². The molecule has 0 aliphatic heterocycles. The molecule has 0 atom stereocenters. The molecule has 5 rings (SSSR count). The first-order valence-electron chi connectivity index (χ1n) is 9.84. The van der Waals surface area contributed by atoms with Crippen LogP contribution in [0.5, 0.6) is 0 Å². The van der Waals surface area contributed by atoms with Crippen LogP contribution in [-0.4, -0.2) is 30.7 Å². The number of para-hydroxylation sites is 1. The van der Waals surface area contributed by atoms with Gasteiger partial charge in [-0.3, -0.25) is 4.57 Å². The molecule has 0 unspecified atom stereocenters. The van der Waals surface area contributed by atoms with Crippen molar-refractivity contribution in [1.29, 1.82) is 0 Å². The van der Waals surface area contributed by atoms with E-state index in [9.17, 15) is 0 Å². The van der Waals surface area contributed by atoms with Gasteiger partial charge >= 0.3 is 0 Å². The molecular weight excluding hydrogens is 430 g/mol. The largest absolute Gasteiger partial charge is 0.469 e. The van der Waals surface area contributed by atoms with Crippen LogP contribution in [0.3, 0.4) is 0 Å². The Morgan fingerprint density at radius 3 is 2.74 bits per heavy atom. The zero-order chi connectivity index (χ0) is 21.0. The van der Waals surface area contributed by atoms with Crippen LogP contribution < -0.4 is 0 Å². The van der Waals surface area contributed by atoms with Gasteiger partial charge in [-0.1, -0.05) is 41.2 Å². The summed E-state index contributed by atoms with van der Waals surface area (Å²) >= 11 is 3.26. The highest BCUT2D eigenvalue weighted by Gasteiger charge is 2.19. The number of hydrogen-bond donors (Lipinski definition) is 0. The number of furan rings is 1. The van der Waals surface area contributed by atoms with E-state index in [1.54, 1.807) is 29.4 Å². The van der Waals surface area contributed by atoms with Crippen LogP contribution in [0.15, 0.2) is 74.3 Å². The Morgan fingerprint density at radius 2 is 1.97 bits per heavy atom. The van der Waals surface area contributed by atoms with Crippen LogP contribution in [-0.2, 0) is 6.42 Å². The number of aryl methyl sites for hydroxylation is 2. The normalized spacial score (nSPS) is 11.3. The SMILES string of the molecule is Cc1occc1-c1nnc(SCCCc2nc(-c3cccs3)no2)n1-c1ccccc1. The van der Waals surface area contributed by atoms with Gasteiger partial charge in [-0.25, -0.2) is 0 Å². The molecular formula is C22H19N5O2S2. The second-order valence-corrected chi connectivity index (χ2v) is 8.82. The Balaban J connectivity index is 1.30. The predicted molar refractivity (Wildman–Crippen MR) is 120 cm³/mol. The summed E-state index contributed by atoms with van der Waals surface area (Å²) in [7, 11) is 0. The molecule has 5 aromatic rings. The molecule has 0 aliphatic carbocycles. The van der Waals surface area contributed by atoms with E-state index in [0.717, 1.165) is 51.5 Å². The Labute approximate surface area is 187 Å². The molecule has 0 amide bonds. The van der Waals surface area contributed by atoms with E-state index in [0.29, 0.717) is 11.7 Å². The zero-order valence-corrected chi connectivity index (χ0v) is 18.4. The van der Waals surface area contributed by atoms with Crippen molar-refractivity contribution in [3.8, 4) is 27.8 Å². The summed E-state index contributed by atoms with van der Waals surface area (Å²) in [5, 5.41) is 15.8. The maximum atomic E-state index is 5.48. The molecule has 0 radical (unpaired) electrons. The van der Waals surface area contributed by atoms with E-state index >= 15 is 0 Å². The molecule has 1 aromatic carbocycles. The molecule has 9 heteroatoms. The summed E-state index contributed by atoms with van der Waals surface area (Å²) in [5.41, 5.74) is 1.96. The highest BCUT2D eigenvalue weighted by atomic mass is 32.2. The fourth-order valence-corrected chi connectivity index (χ4v) is 4.75. The first kappa shape index (κ1) is 19.8. The van der Waals surface area contributed by atoms with Crippen molar-refractivity contribution in [3.05, 3.63) is 71.8 Å². The summed E-state index contributed by atoms with van der Waals surface area (Å²) in [4.78, 5) is 5.51. The van der Waals surface area contributed by atoms with Crippen molar-refractivity contribution in [2.24, 2.45) is 0 Å². The average molecular weight is 450 g/mol. The molecule has 0 N–H and O–H groups in total. The molecule has 4 heterocycles. The van der Waals surface area contributed by atoms with Crippen molar-refractivity contribution < 1.29 is 8.94 Å². The number of rotatable bonds is 8. The number of aromatic nitrogens is 5. The van der Waals surface area contributed by atoms with Gasteiger partial charge in [-0.15, -0.1) is 21.5 Å². The maximum absolute atomic E-state index is 5.48. The Kier molecular flexibility index (Phi) is 5.68. The summed E-state index contributed by atoms with van der Waals surface area (Å²) in [6, 6.07) is 16.0. The summed E-state index contributed by atoms with van der Waals surface area (Å²) in [5.74, 6) is 3.76. The second-order valence-electron chi connectivity index (χ2n) is 6.81. The fourth-order valence-electron chi connectivity index (χ4n) is 3.21. The first-order chi connectivity index (χ1) is 15.3. The number of thiophene rings is 1. The number of benzene rings is 1. The minimum atomic E-state index is 0.654. The highest BCUT2D eigenvalue weighted by molar-refractivity contribution is 7.99. The van der Waals surface area contributed by atoms with Crippen LogP contribution in [0.4, 0.5) is 0 Å². The highest BCUT2D eigenvalue weighted by Crippen LogP contribution is 2.30. The molecule has 7 nitrogen and oxygen atoms in total. The van der Waals surface area contributed by atoms with Crippen molar-refractivity contribution in [2.75, 3.05) is 5.75 Å². The van der Waals surface area contributed by atoms with E-state index in [1.165, 1.54) is 0 Å². The van der Waals surface area contributed by atoms with E-state index in [-0.39, 0.29) is 0 Å². The van der Waals surface area contributed by atoms with Crippen LogP contribution in [0.2, 0.25) is 0 Å². The topological polar surface area (TPSA) is 82.8 Å². The van der Waals surface area contributed by atoms with Crippen LogP contribution in [0, 0.1) is 6.92 Å². The van der Waals surface area contributed by atoms with Gasteiger partial charge in [-0.2, -0.15) is 4.98 Å². The summed E-state index contributed by atoms with van der Waals surface area (Å²) < 4.78 is 13.0. The summed E-state index contributed by atoms with van der Waals surface area (Å²) in [6.07, 6.45) is 3.29. The van der Waals surface area contributed by atoms with Crippen molar-refractivity contribution >= 4 is 23.1 Å². The smallest absolute Gasteiger partial charge is 0.227 e.